The second kappa shape index (κ2) is 9.96. The summed E-state index contributed by atoms with van der Waals surface area (Å²) < 4.78 is 33.2. The van der Waals surface area contributed by atoms with Gasteiger partial charge in [0.2, 0.25) is 0 Å². The number of carbonyl (C=O) groups is 1. The van der Waals surface area contributed by atoms with Crippen molar-refractivity contribution in [2.45, 2.75) is 39.5 Å². The number of hydrogen-bond donors (Lipinski definition) is 1. The molecule has 0 bridgehead atoms. The number of hydrogen-bond acceptors (Lipinski definition) is 3. The number of unbranched alkanes of at least 4 members (excludes halogenated alkanes) is 1. The van der Waals surface area contributed by atoms with Gasteiger partial charge in [-0.05, 0) is 60.2 Å². The third-order valence-electron chi connectivity index (χ3n) is 4.91. The van der Waals surface area contributed by atoms with Crippen molar-refractivity contribution >= 4 is 22.7 Å². The molecule has 0 saturated heterocycles. The van der Waals surface area contributed by atoms with E-state index in [-0.39, 0.29) is 0 Å². The zero-order valence-electron chi connectivity index (χ0n) is 17.0. The fourth-order valence-electron chi connectivity index (χ4n) is 3.39. The Bertz CT molecular complexity index is 1010. The van der Waals surface area contributed by atoms with Gasteiger partial charge in [-0.15, -0.1) is 0 Å². The quantitative estimate of drug-likeness (QED) is 0.449. The number of benzene rings is 2. The van der Waals surface area contributed by atoms with Gasteiger partial charge in [-0.2, -0.15) is 0 Å². The minimum Gasteiger partial charge on any atom is -0.444 e. The highest BCUT2D eigenvalue weighted by atomic mass is 19.1. The smallest absolute Gasteiger partial charge is 0.261 e. The number of amides is 1. The predicted molar refractivity (Wildman–Crippen MR) is 114 cm³/mol. The van der Waals surface area contributed by atoms with E-state index >= 15 is 0 Å². The number of nitrogens with one attached hydrogen (secondary N) is 1. The number of oxazole rings is 1. The number of rotatable bonds is 8. The minimum absolute atomic E-state index is 0.457. The van der Waals surface area contributed by atoms with Gasteiger partial charge in [0.15, 0.2) is 12.2 Å². The van der Waals surface area contributed by atoms with Crippen molar-refractivity contribution < 1.29 is 18.0 Å². The van der Waals surface area contributed by atoms with Crippen LogP contribution in [-0.4, -0.2) is 10.9 Å². The summed E-state index contributed by atoms with van der Waals surface area (Å²) in [5.74, 6) is -1.87. The normalized spacial score (nSPS) is 11.9. The molecule has 3 aromatic rings. The topological polar surface area (TPSA) is 55.1 Å². The van der Waals surface area contributed by atoms with Crippen LogP contribution in [0.15, 0.2) is 59.5 Å². The Labute approximate surface area is 174 Å². The van der Waals surface area contributed by atoms with Crippen molar-refractivity contribution in [1.29, 1.82) is 0 Å². The molecule has 0 fully saturated rings. The Kier molecular flexibility index (Phi) is 7.12. The first kappa shape index (κ1) is 21.4. The van der Waals surface area contributed by atoms with E-state index in [0.717, 1.165) is 60.3 Å². The lowest BCUT2D eigenvalue weighted by Gasteiger charge is -2.14. The molecule has 0 aliphatic carbocycles. The van der Waals surface area contributed by atoms with Gasteiger partial charge in [-0.25, -0.2) is 13.8 Å². The number of halogens is 2. The van der Waals surface area contributed by atoms with Crippen LogP contribution in [0.5, 0.6) is 0 Å². The molecule has 1 amide bonds. The third-order valence-corrected chi connectivity index (χ3v) is 4.91. The van der Waals surface area contributed by atoms with Crippen LogP contribution < -0.4 is 5.32 Å². The number of allylic oxidation sites excluding steroid dienone is 2. The van der Waals surface area contributed by atoms with E-state index in [1.54, 1.807) is 18.3 Å². The first-order valence-corrected chi connectivity index (χ1v) is 10.0. The summed E-state index contributed by atoms with van der Waals surface area (Å²) in [6.07, 6.45) is 6.88. The van der Waals surface area contributed by atoms with Crippen molar-refractivity contribution in [3.05, 3.63) is 83.6 Å². The summed E-state index contributed by atoms with van der Waals surface area (Å²) in [7, 11) is 0. The van der Waals surface area contributed by atoms with Crippen LogP contribution in [0.2, 0.25) is 0 Å². The molecular formula is C24H24F2N2O2. The Morgan fingerprint density at radius 1 is 1.03 bits per heavy atom. The number of aromatic nitrogens is 1. The highest BCUT2D eigenvalue weighted by molar-refractivity contribution is 6.04. The molecule has 0 spiro atoms. The number of anilines is 1. The van der Waals surface area contributed by atoms with E-state index in [2.05, 4.69) is 24.1 Å². The standard InChI is InChI=1S/C24H24F2N2O2/c1-3-5-7-19(18(4-2)22-14-27-15-30-22)16-10-12-17(13-11-16)28-24(29)23-20(25)8-6-9-21(23)26/h6,8-15H,3-5,7H2,1-2H3,(H,28,29)/b19-18-. The maximum atomic E-state index is 13.8. The van der Waals surface area contributed by atoms with E-state index in [1.165, 1.54) is 12.5 Å². The maximum absolute atomic E-state index is 13.8. The van der Waals surface area contributed by atoms with Crippen LogP contribution in [0.1, 0.15) is 61.2 Å². The molecule has 0 unspecified atom stereocenters. The van der Waals surface area contributed by atoms with Crippen molar-refractivity contribution in [3.8, 4) is 0 Å². The molecule has 1 aromatic heterocycles. The van der Waals surface area contributed by atoms with Crippen LogP contribution in [0, 0.1) is 11.6 Å². The molecule has 0 aliphatic rings. The lowest BCUT2D eigenvalue weighted by Crippen LogP contribution is -2.15. The first-order chi connectivity index (χ1) is 14.5. The van der Waals surface area contributed by atoms with Gasteiger partial charge in [-0.3, -0.25) is 4.79 Å². The van der Waals surface area contributed by atoms with Crippen LogP contribution in [0.4, 0.5) is 14.5 Å². The van der Waals surface area contributed by atoms with Crippen molar-refractivity contribution in [2.24, 2.45) is 0 Å². The van der Waals surface area contributed by atoms with E-state index in [0.29, 0.717) is 5.69 Å². The molecule has 1 heterocycles. The zero-order valence-corrected chi connectivity index (χ0v) is 17.0. The van der Waals surface area contributed by atoms with Crippen LogP contribution in [-0.2, 0) is 0 Å². The molecule has 4 nitrogen and oxygen atoms in total. The molecule has 30 heavy (non-hydrogen) atoms. The van der Waals surface area contributed by atoms with Crippen LogP contribution in [0.25, 0.3) is 11.1 Å². The third kappa shape index (κ3) is 4.82. The van der Waals surface area contributed by atoms with Gasteiger partial charge < -0.3 is 9.73 Å². The highest BCUT2D eigenvalue weighted by Gasteiger charge is 2.17. The van der Waals surface area contributed by atoms with Crippen molar-refractivity contribution in [1.82, 2.24) is 4.98 Å². The Morgan fingerprint density at radius 2 is 1.73 bits per heavy atom. The highest BCUT2D eigenvalue weighted by Crippen LogP contribution is 2.33. The van der Waals surface area contributed by atoms with E-state index in [4.69, 9.17) is 4.42 Å². The molecule has 0 saturated carbocycles. The van der Waals surface area contributed by atoms with Crippen LogP contribution >= 0.6 is 0 Å². The first-order valence-electron chi connectivity index (χ1n) is 10.0. The number of carbonyl (C=O) groups excluding carboxylic acids is 1. The Hall–Kier alpha value is -3.28. The largest absolute Gasteiger partial charge is 0.444 e. The summed E-state index contributed by atoms with van der Waals surface area (Å²) in [5.41, 5.74) is 3.12. The lowest BCUT2D eigenvalue weighted by molar-refractivity contribution is 0.101. The van der Waals surface area contributed by atoms with E-state index < -0.39 is 23.1 Å². The van der Waals surface area contributed by atoms with Gasteiger partial charge in [-0.1, -0.05) is 38.5 Å². The molecule has 156 valence electrons. The maximum Gasteiger partial charge on any atom is 0.261 e. The zero-order chi connectivity index (χ0) is 21.5. The van der Waals surface area contributed by atoms with E-state index in [9.17, 15) is 13.6 Å². The van der Waals surface area contributed by atoms with Gasteiger partial charge in [0, 0.05) is 5.69 Å². The van der Waals surface area contributed by atoms with Crippen LogP contribution in [0.3, 0.4) is 0 Å². The average molecular weight is 410 g/mol. The van der Waals surface area contributed by atoms with Gasteiger partial charge in [0.05, 0.1) is 6.20 Å². The molecule has 0 aliphatic heterocycles. The summed E-state index contributed by atoms with van der Waals surface area (Å²) in [6.45, 7) is 4.21. The summed E-state index contributed by atoms with van der Waals surface area (Å²) >= 11 is 0. The van der Waals surface area contributed by atoms with Gasteiger partial charge in [0.1, 0.15) is 17.2 Å². The van der Waals surface area contributed by atoms with E-state index in [1.807, 2.05) is 12.1 Å². The van der Waals surface area contributed by atoms with Crippen molar-refractivity contribution in [2.75, 3.05) is 5.32 Å². The fourth-order valence-corrected chi connectivity index (χ4v) is 3.39. The fraction of sp³-hybridized carbons (Fsp3) is 0.250. The molecule has 1 N–H and O–H groups in total. The molecule has 3 rings (SSSR count). The molecule has 2 aromatic carbocycles. The summed E-state index contributed by atoms with van der Waals surface area (Å²) in [6, 6.07) is 10.6. The molecule has 0 atom stereocenters. The average Bonchev–Trinajstić information content (AvgIpc) is 3.26. The van der Waals surface area contributed by atoms with Crippen molar-refractivity contribution in [3.63, 3.8) is 0 Å². The Balaban J connectivity index is 1.88. The molecule has 0 radical (unpaired) electrons. The molecule has 6 heteroatoms. The molecular weight excluding hydrogens is 386 g/mol. The second-order valence-electron chi connectivity index (χ2n) is 6.91. The minimum atomic E-state index is -0.895. The summed E-state index contributed by atoms with van der Waals surface area (Å²) in [5, 5.41) is 2.56. The summed E-state index contributed by atoms with van der Waals surface area (Å²) in [4.78, 5) is 16.3. The van der Waals surface area contributed by atoms with Gasteiger partial charge in [0.25, 0.3) is 5.91 Å². The predicted octanol–water partition coefficient (Wildman–Crippen LogP) is 6.72. The SMILES string of the molecule is CCCC/C(=C(\CC)c1cnco1)c1ccc(NC(=O)c2c(F)cccc2F)cc1. The number of nitrogens with zero attached hydrogens (tertiary/aromatic N) is 1. The lowest BCUT2D eigenvalue weighted by atomic mass is 9.92. The Morgan fingerprint density at radius 3 is 2.30 bits per heavy atom. The van der Waals surface area contributed by atoms with Gasteiger partial charge >= 0.3 is 0 Å². The second-order valence-corrected chi connectivity index (χ2v) is 6.91. The monoisotopic (exact) mass is 410 g/mol.